The van der Waals surface area contributed by atoms with Crippen molar-refractivity contribution in [3.05, 3.63) is 48.3 Å². The third kappa shape index (κ3) is 2.59. The van der Waals surface area contributed by atoms with Gasteiger partial charge in [0.1, 0.15) is 10.1 Å². The Hall–Kier alpha value is -1.39. The van der Waals surface area contributed by atoms with Crippen molar-refractivity contribution >= 4 is 11.8 Å². The van der Waals surface area contributed by atoms with Crippen LogP contribution in [0.1, 0.15) is 18.5 Å². The number of nitrogens with zero attached hydrogens (tertiary/aromatic N) is 2. The minimum Gasteiger partial charge on any atom is -0.324 e. The molecule has 0 unspecified atom stereocenters. The molecule has 0 fully saturated rings. The highest BCUT2D eigenvalue weighted by atomic mass is 32.2. The molecule has 3 nitrogen and oxygen atoms in total. The van der Waals surface area contributed by atoms with Crippen LogP contribution < -0.4 is 5.73 Å². The van der Waals surface area contributed by atoms with E-state index in [2.05, 4.69) is 9.97 Å². The van der Waals surface area contributed by atoms with Gasteiger partial charge in [-0.3, -0.25) is 0 Å². The van der Waals surface area contributed by atoms with Crippen LogP contribution in [-0.4, -0.2) is 9.97 Å². The third-order valence-corrected chi connectivity index (χ3v) is 3.12. The summed E-state index contributed by atoms with van der Waals surface area (Å²) in [7, 11) is 0. The van der Waals surface area contributed by atoms with E-state index in [1.165, 1.54) is 0 Å². The van der Waals surface area contributed by atoms with Crippen LogP contribution in [0.2, 0.25) is 0 Å². The first-order valence-electron chi connectivity index (χ1n) is 5.07. The maximum Gasteiger partial charge on any atom is 0.107 e. The fourth-order valence-electron chi connectivity index (χ4n) is 1.34. The van der Waals surface area contributed by atoms with Gasteiger partial charge < -0.3 is 5.73 Å². The third-order valence-electron chi connectivity index (χ3n) is 2.13. The second-order valence-corrected chi connectivity index (χ2v) is 4.47. The summed E-state index contributed by atoms with van der Waals surface area (Å²) in [5.41, 5.74) is 6.95. The van der Waals surface area contributed by atoms with Crippen LogP contribution in [-0.2, 0) is 0 Å². The van der Waals surface area contributed by atoms with E-state index in [4.69, 9.17) is 5.73 Å². The quantitative estimate of drug-likeness (QED) is 0.882. The maximum atomic E-state index is 5.89. The number of aromatic nitrogens is 2. The molecular formula is C12H13N3S. The van der Waals surface area contributed by atoms with E-state index in [-0.39, 0.29) is 6.04 Å². The summed E-state index contributed by atoms with van der Waals surface area (Å²) in [5.74, 6) is 0. The molecule has 0 saturated carbocycles. The van der Waals surface area contributed by atoms with Crippen LogP contribution in [0.25, 0.3) is 0 Å². The van der Waals surface area contributed by atoms with E-state index < -0.39 is 0 Å². The van der Waals surface area contributed by atoms with Crippen LogP contribution in [0, 0.1) is 0 Å². The first kappa shape index (κ1) is 11.1. The van der Waals surface area contributed by atoms with Crippen LogP contribution in [0.15, 0.2) is 52.8 Å². The lowest BCUT2D eigenvalue weighted by atomic mass is 10.2. The van der Waals surface area contributed by atoms with Gasteiger partial charge in [0, 0.05) is 24.0 Å². The van der Waals surface area contributed by atoms with E-state index in [1.807, 2.05) is 37.3 Å². The Balaban J connectivity index is 2.28. The standard InChI is InChI=1S/C12H13N3S/c1-9(13)10-5-4-8-15-12(10)16-11-6-2-3-7-14-11/h2-9H,13H2,1H3/t9-/m0/s1. The van der Waals surface area contributed by atoms with Gasteiger partial charge in [0.25, 0.3) is 0 Å². The van der Waals surface area contributed by atoms with Crippen molar-refractivity contribution in [3.8, 4) is 0 Å². The molecule has 0 aliphatic carbocycles. The molecule has 0 aliphatic heterocycles. The smallest absolute Gasteiger partial charge is 0.107 e. The number of pyridine rings is 2. The first-order valence-corrected chi connectivity index (χ1v) is 5.88. The number of rotatable bonds is 3. The molecule has 0 aromatic carbocycles. The first-order chi connectivity index (χ1) is 7.77. The molecule has 0 aliphatic rings. The van der Waals surface area contributed by atoms with Crippen molar-refractivity contribution in [1.29, 1.82) is 0 Å². The zero-order valence-corrected chi connectivity index (χ0v) is 9.82. The van der Waals surface area contributed by atoms with Gasteiger partial charge in [-0.25, -0.2) is 9.97 Å². The highest BCUT2D eigenvalue weighted by Gasteiger charge is 2.09. The van der Waals surface area contributed by atoms with Crippen LogP contribution >= 0.6 is 11.8 Å². The molecule has 2 rings (SSSR count). The summed E-state index contributed by atoms with van der Waals surface area (Å²) in [4.78, 5) is 8.59. The van der Waals surface area contributed by atoms with Crippen LogP contribution in [0.5, 0.6) is 0 Å². The Morgan fingerprint density at radius 1 is 1.12 bits per heavy atom. The average molecular weight is 231 g/mol. The highest BCUT2D eigenvalue weighted by Crippen LogP contribution is 2.29. The Labute approximate surface area is 99.1 Å². The zero-order chi connectivity index (χ0) is 11.4. The lowest BCUT2D eigenvalue weighted by Gasteiger charge is -2.09. The van der Waals surface area contributed by atoms with Gasteiger partial charge in [0.2, 0.25) is 0 Å². The minimum atomic E-state index is -0.0140. The molecule has 0 amide bonds. The van der Waals surface area contributed by atoms with Gasteiger partial charge in [-0.05, 0) is 36.9 Å². The molecule has 2 N–H and O–H groups in total. The molecule has 0 spiro atoms. The Morgan fingerprint density at radius 3 is 2.62 bits per heavy atom. The summed E-state index contributed by atoms with van der Waals surface area (Å²) in [6.45, 7) is 1.96. The molecule has 2 aromatic heterocycles. The van der Waals surface area contributed by atoms with Gasteiger partial charge in [-0.2, -0.15) is 0 Å². The van der Waals surface area contributed by atoms with Crippen molar-refractivity contribution in [2.45, 2.75) is 23.0 Å². The molecule has 2 heterocycles. The van der Waals surface area contributed by atoms with Crippen LogP contribution in [0.3, 0.4) is 0 Å². The van der Waals surface area contributed by atoms with Gasteiger partial charge in [0.05, 0.1) is 0 Å². The Kier molecular flexibility index (Phi) is 3.54. The zero-order valence-electron chi connectivity index (χ0n) is 9.00. The van der Waals surface area contributed by atoms with E-state index in [1.54, 1.807) is 24.2 Å². The fraction of sp³-hybridized carbons (Fsp3) is 0.167. The molecule has 16 heavy (non-hydrogen) atoms. The molecule has 0 saturated heterocycles. The summed E-state index contributed by atoms with van der Waals surface area (Å²) < 4.78 is 0. The number of nitrogens with two attached hydrogens (primary N) is 1. The lowest BCUT2D eigenvalue weighted by Crippen LogP contribution is -2.07. The molecular weight excluding hydrogens is 218 g/mol. The molecule has 0 bridgehead atoms. The van der Waals surface area contributed by atoms with E-state index >= 15 is 0 Å². The van der Waals surface area contributed by atoms with Gasteiger partial charge in [-0.15, -0.1) is 0 Å². The van der Waals surface area contributed by atoms with Crippen molar-refractivity contribution in [1.82, 2.24) is 9.97 Å². The summed E-state index contributed by atoms with van der Waals surface area (Å²) in [6, 6.07) is 9.72. The molecule has 0 radical (unpaired) electrons. The summed E-state index contributed by atoms with van der Waals surface area (Å²) >= 11 is 1.54. The second kappa shape index (κ2) is 5.09. The molecule has 82 valence electrons. The lowest BCUT2D eigenvalue weighted by molar-refractivity contribution is 0.779. The van der Waals surface area contributed by atoms with Crippen LogP contribution in [0.4, 0.5) is 0 Å². The van der Waals surface area contributed by atoms with Crippen molar-refractivity contribution in [2.24, 2.45) is 5.73 Å². The molecule has 2 aromatic rings. The molecule has 4 heteroatoms. The molecule has 1 atom stereocenters. The topological polar surface area (TPSA) is 51.8 Å². The summed E-state index contributed by atoms with van der Waals surface area (Å²) in [5, 5.41) is 1.86. The number of hydrogen-bond donors (Lipinski definition) is 1. The Bertz CT molecular complexity index is 457. The van der Waals surface area contributed by atoms with Gasteiger partial charge in [0.15, 0.2) is 0 Å². The Morgan fingerprint density at radius 2 is 1.94 bits per heavy atom. The highest BCUT2D eigenvalue weighted by molar-refractivity contribution is 7.99. The minimum absolute atomic E-state index is 0.0140. The van der Waals surface area contributed by atoms with Crippen molar-refractivity contribution in [2.75, 3.05) is 0 Å². The second-order valence-electron chi connectivity index (χ2n) is 3.46. The van der Waals surface area contributed by atoms with Crippen molar-refractivity contribution < 1.29 is 0 Å². The monoisotopic (exact) mass is 231 g/mol. The predicted octanol–water partition coefficient (Wildman–Crippen LogP) is 2.65. The van der Waals surface area contributed by atoms with Gasteiger partial charge >= 0.3 is 0 Å². The predicted molar refractivity (Wildman–Crippen MR) is 65.2 cm³/mol. The largest absolute Gasteiger partial charge is 0.324 e. The average Bonchev–Trinajstić information content (AvgIpc) is 2.31. The number of hydrogen-bond acceptors (Lipinski definition) is 4. The van der Waals surface area contributed by atoms with E-state index in [0.717, 1.165) is 15.6 Å². The normalized spacial score (nSPS) is 12.4. The van der Waals surface area contributed by atoms with E-state index in [0.29, 0.717) is 0 Å². The fourth-order valence-corrected chi connectivity index (χ4v) is 2.29. The summed E-state index contributed by atoms with van der Waals surface area (Å²) in [6.07, 6.45) is 3.55. The van der Waals surface area contributed by atoms with E-state index in [9.17, 15) is 0 Å². The van der Waals surface area contributed by atoms with Gasteiger partial charge in [-0.1, -0.05) is 12.1 Å². The SMILES string of the molecule is C[C@H](N)c1cccnc1Sc1ccccn1. The van der Waals surface area contributed by atoms with Crippen molar-refractivity contribution in [3.63, 3.8) is 0 Å². The maximum absolute atomic E-state index is 5.89.